The molecule has 11 nitrogen and oxygen atoms in total. The van der Waals surface area contributed by atoms with Crippen molar-refractivity contribution in [1.29, 1.82) is 5.26 Å². The molecular weight excluding hydrogens is 518 g/mol. The lowest BCUT2D eigenvalue weighted by atomic mass is 10.1. The van der Waals surface area contributed by atoms with Gasteiger partial charge in [-0.2, -0.15) is 5.26 Å². The van der Waals surface area contributed by atoms with E-state index in [1.807, 2.05) is 36.4 Å². The molecule has 2 N–H and O–H groups in total. The summed E-state index contributed by atoms with van der Waals surface area (Å²) < 4.78 is 21.3. The summed E-state index contributed by atoms with van der Waals surface area (Å²) >= 11 is 0. The van der Waals surface area contributed by atoms with E-state index in [4.69, 9.17) is 18.9 Å². The highest BCUT2D eigenvalue weighted by Crippen LogP contribution is 2.24. The number of amides is 2. The summed E-state index contributed by atoms with van der Waals surface area (Å²) in [6.45, 7) is 6.17. The topological polar surface area (TPSA) is 153 Å². The Balaban J connectivity index is 2.28. The van der Waals surface area contributed by atoms with Crippen molar-refractivity contribution in [2.75, 3.05) is 13.7 Å². The molecule has 0 aliphatic rings. The third kappa shape index (κ3) is 11.3. The molecule has 11 heteroatoms. The molecule has 0 saturated heterocycles. The van der Waals surface area contributed by atoms with Crippen LogP contribution in [-0.2, 0) is 35.2 Å². The Labute approximate surface area is 233 Å². The van der Waals surface area contributed by atoms with Crippen LogP contribution in [-0.4, -0.2) is 49.3 Å². The van der Waals surface area contributed by atoms with E-state index in [0.29, 0.717) is 5.56 Å². The van der Waals surface area contributed by atoms with Gasteiger partial charge in [0, 0.05) is 12.5 Å². The van der Waals surface area contributed by atoms with Crippen LogP contribution in [0.15, 0.2) is 54.2 Å². The number of alkyl carbamates (subject to hydrolysis) is 1. The monoisotopic (exact) mass is 551 g/mol. The summed E-state index contributed by atoms with van der Waals surface area (Å²) in [7, 11) is 1.16. The molecule has 2 rings (SSSR count). The van der Waals surface area contributed by atoms with Crippen LogP contribution in [0, 0.1) is 11.3 Å². The SMILES string of the molecule is COC(=O)/C(=C/c1ccc(C#N)cc1OC[C@@H](CC(=O)OCc1ccccc1)NC(=O)OC(C)(C)C)NC(C)=O. The van der Waals surface area contributed by atoms with Crippen LogP contribution in [0.3, 0.4) is 0 Å². The highest BCUT2D eigenvalue weighted by atomic mass is 16.6. The number of nitrogens with zero attached hydrogens (tertiary/aromatic N) is 1. The summed E-state index contributed by atoms with van der Waals surface area (Å²) in [4.78, 5) is 48.8. The van der Waals surface area contributed by atoms with Crippen molar-refractivity contribution in [1.82, 2.24) is 10.6 Å². The minimum Gasteiger partial charge on any atom is -0.491 e. The number of methoxy groups -OCH3 is 1. The second-order valence-electron chi connectivity index (χ2n) is 9.60. The Morgan fingerprint density at radius 1 is 1.07 bits per heavy atom. The third-order valence-electron chi connectivity index (χ3n) is 4.98. The molecule has 2 aromatic carbocycles. The molecule has 0 aliphatic carbocycles. The molecule has 2 aromatic rings. The van der Waals surface area contributed by atoms with Crippen molar-refractivity contribution in [2.45, 2.75) is 52.4 Å². The van der Waals surface area contributed by atoms with Crippen LogP contribution in [0.1, 0.15) is 50.8 Å². The maximum atomic E-state index is 12.6. The first-order chi connectivity index (χ1) is 18.9. The number of rotatable bonds is 11. The van der Waals surface area contributed by atoms with Gasteiger partial charge in [0.1, 0.15) is 30.3 Å². The second kappa shape index (κ2) is 14.9. The summed E-state index contributed by atoms with van der Waals surface area (Å²) in [5.74, 6) is -1.72. The zero-order chi connectivity index (χ0) is 29.7. The number of hydrogen-bond donors (Lipinski definition) is 2. The number of carbonyl (C=O) groups is 4. The third-order valence-corrected chi connectivity index (χ3v) is 4.98. The number of nitrogens with one attached hydrogen (secondary N) is 2. The number of carbonyl (C=O) groups excluding carboxylic acids is 4. The Morgan fingerprint density at radius 2 is 1.77 bits per heavy atom. The first-order valence-corrected chi connectivity index (χ1v) is 12.3. The first-order valence-electron chi connectivity index (χ1n) is 12.3. The average Bonchev–Trinajstić information content (AvgIpc) is 2.89. The quantitative estimate of drug-likeness (QED) is 0.242. The van der Waals surface area contributed by atoms with Gasteiger partial charge in [-0.3, -0.25) is 9.59 Å². The van der Waals surface area contributed by atoms with E-state index in [2.05, 4.69) is 10.6 Å². The highest BCUT2D eigenvalue weighted by molar-refractivity contribution is 5.97. The molecule has 40 heavy (non-hydrogen) atoms. The zero-order valence-electron chi connectivity index (χ0n) is 23.1. The van der Waals surface area contributed by atoms with E-state index in [1.54, 1.807) is 20.8 Å². The van der Waals surface area contributed by atoms with Crippen molar-refractivity contribution in [3.05, 3.63) is 70.9 Å². The second-order valence-corrected chi connectivity index (χ2v) is 9.60. The van der Waals surface area contributed by atoms with Crippen LogP contribution in [0.2, 0.25) is 0 Å². The smallest absolute Gasteiger partial charge is 0.408 e. The fourth-order valence-corrected chi connectivity index (χ4v) is 3.26. The Morgan fingerprint density at radius 3 is 2.38 bits per heavy atom. The van der Waals surface area contributed by atoms with Gasteiger partial charge in [0.25, 0.3) is 0 Å². The normalized spacial score (nSPS) is 11.8. The molecule has 0 bridgehead atoms. The highest BCUT2D eigenvalue weighted by Gasteiger charge is 2.23. The zero-order valence-corrected chi connectivity index (χ0v) is 23.1. The molecule has 0 heterocycles. The van der Waals surface area contributed by atoms with Gasteiger partial charge < -0.3 is 29.6 Å². The van der Waals surface area contributed by atoms with E-state index < -0.39 is 35.6 Å². The summed E-state index contributed by atoms with van der Waals surface area (Å²) in [5, 5.41) is 14.4. The lowest BCUT2D eigenvalue weighted by molar-refractivity contribution is -0.145. The largest absolute Gasteiger partial charge is 0.491 e. The predicted molar refractivity (Wildman–Crippen MR) is 144 cm³/mol. The van der Waals surface area contributed by atoms with Gasteiger partial charge in [-0.1, -0.05) is 30.3 Å². The van der Waals surface area contributed by atoms with Gasteiger partial charge in [-0.05, 0) is 50.6 Å². The number of nitriles is 1. The van der Waals surface area contributed by atoms with Gasteiger partial charge in [-0.25, -0.2) is 9.59 Å². The van der Waals surface area contributed by atoms with Gasteiger partial charge in [0.15, 0.2) is 0 Å². The molecule has 0 aromatic heterocycles. The Hall–Kier alpha value is -4.85. The maximum Gasteiger partial charge on any atom is 0.408 e. The molecule has 0 fully saturated rings. The first kappa shape index (κ1) is 31.4. The summed E-state index contributed by atoms with van der Waals surface area (Å²) in [6, 6.07) is 14.7. The van der Waals surface area contributed by atoms with Gasteiger partial charge in [0.2, 0.25) is 5.91 Å². The van der Waals surface area contributed by atoms with Crippen molar-refractivity contribution < 1.29 is 38.1 Å². The van der Waals surface area contributed by atoms with Crippen LogP contribution in [0.25, 0.3) is 6.08 Å². The molecule has 1 atom stereocenters. The number of benzene rings is 2. The molecule has 0 aliphatic heterocycles. The van der Waals surface area contributed by atoms with E-state index in [9.17, 15) is 24.4 Å². The van der Waals surface area contributed by atoms with E-state index in [-0.39, 0.29) is 36.6 Å². The molecule has 0 unspecified atom stereocenters. The van der Waals surface area contributed by atoms with Crippen LogP contribution in [0.4, 0.5) is 4.79 Å². The summed E-state index contributed by atoms with van der Waals surface area (Å²) in [6.07, 6.45) is 0.323. The van der Waals surface area contributed by atoms with Crippen LogP contribution in [0.5, 0.6) is 5.75 Å². The number of esters is 2. The molecule has 0 radical (unpaired) electrons. The van der Waals surface area contributed by atoms with Crippen molar-refractivity contribution >= 4 is 30.0 Å². The van der Waals surface area contributed by atoms with E-state index in [1.165, 1.54) is 31.2 Å². The van der Waals surface area contributed by atoms with Gasteiger partial charge >= 0.3 is 18.0 Å². The molecule has 0 spiro atoms. The number of ether oxygens (including phenoxy) is 4. The lowest BCUT2D eigenvalue weighted by Crippen LogP contribution is -2.43. The predicted octanol–water partition coefficient (Wildman–Crippen LogP) is 3.61. The minimum atomic E-state index is -0.879. The minimum absolute atomic E-state index is 0.0539. The molecule has 212 valence electrons. The Bertz CT molecular complexity index is 1280. The molecule has 0 saturated carbocycles. The fraction of sp³-hybridized carbons (Fsp3) is 0.345. The molecule has 2 amide bonds. The summed E-state index contributed by atoms with van der Waals surface area (Å²) in [5.41, 5.74) is 0.448. The fourth-order valence-electron chi connectivity index (χ4n) is 3.26. The van der Waals surface area contributed by atoms with Crippen LogP contribution < -0.4 is 15.4 Å². The van der Waals surface area contributed by atoms with Crippen molar-refractivity contribution in [3.8, 4) is 11.8 Å². The number of hydrogen-bond acceptors (Lipinski definition) is 9. The lowest BCUT2D eigenvalue weighted by Gasteiger charge is -2.24. The average molecular weight is 552 g/mol. The van der Waals surface area contributed by atoms with Crippen molar-refractivity contribution in [3.63, 3.8) is 0 Å². The van der Waals surface area contributed by atoms with Crippen molar-refractivity contribution in [2.24, 2.45) is 0 Å². The maximum absolute atomic E-state index is 12.6. The van der Waals surface area contributed by atoms with Gasteiger partial charge in [0.05, 0.1) is 31.2 Å². The Kier molecular flexibility index (Phi) is 11.7. The van der Waals surface area contributed by atoms with E-state index in [0.717, 1.165) is 12.7 Å². The van der Waals surface area contributed by atoms with Gasteiger partial charge in [-0.15, -0.1) is 0 Å². The van der Waals surface area contributed by atoms with E-state index >= 15 is 0 Å². The standard InChI is InChI=1S/C29H33N3O8/c1-19(33)31-24(27(35)37-5)14-22-12-11-21(16-30)13-25(22)38-18-23(32-28(36)40-29(2,3)4)15-26(34)39-17-20-9-7-6-8-10-20/h6-14,23H,15,17-18H2,1-5H3,(H,31,33)(H,32,36)/b24-14-/t23-/m1/s1. The molecular formula is C29H33N3O8. The van der Waals surface area contributed by atoms with Crippen LogP contribution >= 0.6 is 0 Å².